The third-order valence-electron chi connectivity index (χ3n) is 4.07. The van der Waals surface area contributed by atoms with Crippen LogP contribution < -0.4 is 4.74 Å². The van der Waals surface area contributed by atoms with Gasteiger partial charge in [-0.05, 0) is 17.7 Å². The van der Waals surface area contributed by atoms with Gasteiger partial charge in [0.05, 0.1) is 20.1 Å². The van der Waals surface area contributed by atoms with E-state index >= 15 is 0 Å². The minimum Gasteiger partial charge on any atom is -0.497 e. The summed E-state index contributed by atoms with van der Waals surface area (Å²) < 4.78 is 5.18. The Balaban J connectivity index is 1.82. The van der Waals surface area contributed by atoms with Gasteiger partial charge in [0.15, 0.2) is 0 Å². The first kappa shape index (κ1) is 17.3. The standard InChI is InChI=1S/C17H25N3O3/c1-18(2)17(22)13-19-7-9-20(10-8-19)16(21)12-14-5-4-6-15(11-14)23-3/h4-6,11H,7-10,12-13H2,1-3H3. The SMILES string of the molecule is COc1cccc(CC(=O)N2CCN(CC(=O)N(C)C)CC2)c1. The zero-order valence-corrected chi connectivity index (χ0v) is 14.1. The summed E-state index contributed by atoms with van der Waals surface area (Å²) in [5.74, 6) is 0.986. The number of hydrogen-bond acceptors (Lipinski definition) is 4. The zero-order valence-electron chi connectivity index (χ0n) is 14.1. The van der Waals surface area contributed by atoms with Crippen LogP contribution in [-0.2, 0) is 16.0 Å². The van der Waals surface area contributed by atoms with E-state index in [2.05, 4.69) is 4.90 Å². The van der Waals surface area contributed by atoms with E-state index in [1.54, 1.807) is 26.1 Å². The zero-order chi connectivity index (χ0) is 16.8. The lowest BCUT2D eigenvalue weighted by molar-refractivity contribution is -0.133. The van der Waals surface area contributed by atoms with Crippen LogP contribution in [0.15, 0.2) is 24.3 Å². The molecule has 0 aromatic heterocycles. The first-order valence-corrected chi connectivity index (χ1v) is 7.83. The highest BCUT2D eigenvalue weighted by atomic mass is 16.5. The average molecular weight is 319 g/mol. The molecule has 23 heavy (non-hydrogen) atoms. The molecule has 0 radical (unpaired) electrons. The van der Waals surface area contributed by atoms with Crippen molar-refractivity contribution in [2.75, 3.05) is 53.9 Å². The van der Waals surface area contributed by atoms with E-state index in [-0.39, 0.29) is 11.8 Å². The smallest absolute Gasteiger partial charge is 0.236 e. The topological polar surface area (TPSA) is 53.1 Å². The van der Waals surface area contributed by atoms with Crippen LogP contribution in [0.25, 0.3) is 0 Å². The fourth-order valence-corrected chi connectivity index (χ4v) is 2.56. The summed E-state index contributed by atoms with van der Waals surface area (Å²) >= 11 is 0. The number of carbonyl (C=O) groups excluding carboxylic acids is 2. The molecule has 2 rings (SSSR count). The van der Waals surface area contributed by atoms with Crippen LogP contribution in [0.2, 0.25) is 0 Å². The van der Waals surface area contributed by atoms with Crippen molar-refractivity contribution in [2.24, 2.45) is 0 Å². The van der Waals surface area contributed by atoms with Gasteiger partial charge in [-0.1, -0.05) is 12.1 Å². The normalized spacial score (nSPS) is 15.3. The van der Waals surface area contributed by atoms with Gasteiger partial charge in [0.1, 0.15) is 5.75 Å². The van der Waals surface area contributed by atoms with Gasteiger partial charge in [0, 0.05) is 40.3 Å². The Bertz CT molecular complexity index is 552. The van der Waals surface area contributed by atoms with Gasteiger partial charge in [0.2, 0.25) is 11.8 Å². The molecule has 2 amide bonds. The molecule has 0 bridgehead atoms. The number of carbonyl (C=O) groups is 2. The Morgan fingerprint density at radius 2 is 1.87 bits per heavy atom. The van der Waals surface area contributed by atoms with Crippen molar-refractivity contribution in [3.63, 3.8) is 0 Å². The summed E-state index contributed by atoms with van der Waals surface area (Å²) in [6, 6.07) is 7.59. The second-order valence-electron chi connectivity index (χ2n) is 5.97. The third-order valence-corrected chi connectivity index (χ3v) is 4.07. The number of benzene rings is 1. The van der Waals surface area contributed by atoms with Gasteiger partial charge in [0.25, 0.3) is 0 Å². The highest BCUT2D eigenvalue weighted by Gasteiger charge is 2.22. The fourth-order valence-electron chi connectivity index (χ4n) is 2.56. The summed E-state index contributed by atoms with van der Waals surface area (Å²) in [6.45, 7) is 3.24. The maximum Gasteiger partial charge on any atom is 0.236 e. The summed E-state index contributed by atoms with van der Waals surface area (Å²) in [7, 11) is 5.14. The lowest BCUT2D eigenvalue weighted by Crippen LogP contribution is -2.51. The Morgan fingerprint density at radius 1 is 1.17 bits per heavy atom. The van der Waals surface area contributed by atoms with Crippen molar-refractivity contribution in [3.05, 3.63) is 29.8 Å². The number of rotatable bonds is 5. The van der Waals surface area contributed by atoms with Gasteiger partial charge < -0.3 is 14.5 Å². The van der Waals surface area contributed by atoms with Gasteiger partial charge in [-0.25, -0.2) is 0 Å². The molecular formula is C17H25N3O3. The molecule has 0 aliphatic carbocycles. The molecule has 1 aromatic carbocycles. The molecule has 1 fully saturated rings. The molecule has 1 aliphatic rings. The average Bonchev–Trinajstić information content (AvgIpc) is 2.55. The highest BCUT2D eigenvalue weighted by Crippen LogP contribution is 2.14. The highest BCUT2D eigenvalue weighted by molar-refractivity contribution is 5.79. The Morgan fingerprint density at radius 3 is 2.48 bits per heavy atom. The van der Waals surface area contributed by atoms with Crippen LogP contribution in [-0.4, -0.2) is 80.4 Å². The van der Waals surface area contributed by atoms with E-state index in [1.165, 1.54) is 0 Å². The third kappa shape index (κ3) is 4.96. The van der Waals surface area contributed by atoms with E-state index in [0.29, 0.717) is 26.1 Å². The Labute approximate surface area is 137 Å². The Hall–Kier alpha value is -2.08. The molecule has 0 N–H and O–H groups in total. The molecule has 6 nitrogen and oxygen atoms in total. The van der Waals surface area contributed by atoms with Crippen LogP contribution in [0.5, 0.6) is 5.75 Å². The van der Waals surface area contributed by atoms with E-state index in [0.717, 1.165) is 24.4 Å². The van der Waals surface area contributed by atoms with Gasteiger partial charge >= 0.3 is 0 Å². The van der Waals surface area contributed by atoms with Crippen LogP contribution in [0.3, 0.4) is 0 Å². The van der Waals surface area contributed by atoms with Gasteiger partial charge in [-0.2, -0.15) is 0 Å². The van der Waals surface area contributed by atoms with Crippen molar-refractivity contribution in [1.29, 1.82) is 0 Å². The summed E-state index contributed by atoms with van der Waals surface area (Å²) in [5.41, 5.74) is 0.958. The number of likely N-dealkylation sites (N-methyl/N-ethyl adjacent to an activating group) is 1. The molecule has 0 unspecified atom stereocenters. The summed E-state index contributed by atoms with van der Waals surface area (Å²) in [4.78, 5) is 29.7. The number of piperazine rings is 1. The molecular weight excluding hydrogens is 294 g/mol. The van der Waals surface area contributed by atoms with Crippen LogP contribution in [0.4, 0.5) is 0 Å². The van der Waals surface area contributed by atoms with E-state index < -0.39 is 0 Å². The molecule has 1 aliphatic heterocycles. The van der Waals surface area contributed by atoms with Crippen LogP contribution in [0.1, 0.15) is 5.56 Å². The number of hydrogen-bond donors (Lipinski definition) is 0. The molecule has 6 heteroatoms. The molecule has 0 saturated carbocycles. The summed E-state index contributed by atoms with van der Waals surface area (Å²) in [5, 5.41) is 0. The van der Waals surface area contributed by atoms with Crippen molar-refractivity contribution in [3.8, 4) is 5.75 Å². The monoisotopic (exact) mass is 319 g/mol. The number of methoxy groups -OCH3 is 1. The predicted molar refractivity (Wildman–Crippen MR) is 88.4 cm³/mol. The fraction of sp³-hybridized carbons (Fsp3) is 0.529. The Kier molecular flexibility index (Phi) is 5.98. The van der Waals surface area contributed by atoms with E-state index in [4.69, 9.17) is 4.74 Å². The van der Waals surface area contributed by atoms with Gasteiger partial charge in [-0.3, -0.25) is 14.5 Å². The second kappa shape index (κ2) is 7.97. The maximum absolute atomic E-state index is 12.4. The van der Waals surface area contributed by atoms with Crippen molar-refractivity contribution >= 4 is 11.8 Å². The van der Waals surface area contributed by atoms with Crippen molar-refractivity contribution in [2.45, 2.75) is 6.42 Å². The van der Waals surface area contributed by atoms with Crippen LogP contribution in [0, 0.1) is 0 Å². The molecule has 0 atom stereocenters. The molecule has 126 valence electrons. The minimum atomic E-state index is 0.0983. The predicted octanol–water partition coefficient (Wildman–Crippen LogP) is 0.470. The lowest BCUT2D eigenvalue weighted by Gasteiger charge is -2.34. The molecule has 1 saturated heterocycles. The molecule has 0 spiro atoms. The van der Waals surface area contributed by atoms with E-state index in [1.807, 2.05) is 29.2 Å². The van der Waals surface area contributed by atoms with Gasteiger partial charge in [-0.15, -0.1) is 0 Å². The van der Waals surface area contributed by atoms with Crippen LogP contribution >= 0.6 is 0 Å². The first-order valence-electron chi connectivity index (χ1n) is 7.83. The second-order valence-corrected chi connectivity index (χ2v) is 5.97. The molecule has 1 aromatic rings. The first-order chi connectivity index (χ1) is 11.0. The molecule has 1 heterocycles. The number of ether oxygens (including phenoxy) is 1. The largest absolute Gasteiger partial charge is 0.497 e. The maximum atomic E-state index is 12.4. The summed E-state index contributed by atoms with van der Waals surface area (Å²) in [6.07, 6.45) is 0.383. The van der Waals surface area contributed by atoms with Crippen molar-refractivity contribution in [1.82, 2.24) is 14.7 Å². The quantitative estimate of drug-likeness (QED) is 0.792. The lowest BCUT2D eigenvalue weighted by atomic mass is 10.1. The van der Waals surface area contributed by atoms with Crippen molar-refractivity contribution < 1.29 is 14.3 Å². The number of nitrogens with zero attached hydrogens (tertiary/aromatic N) is 3. The minimum absolute atomic E-state index is 0.0983. The van der Waals surface area contributed by atoms with E-state index in [9.17, 15) is 9.59 Å². The number of amides is 2.